The van der Waals surface area contributed by atoms with Crippen LogP contribution in [-0.2, 0) is 30.6 Å². The first-order valence-electron chi connectivity index (χ1n) is 12.1. The van der Waals surface area contributed by atoms with Crippen molar-refractivity contribution in [3.63, 3.8) is 0 Å². The number of pyridine rings is 1. The molecule has 0 aliphatic carbocycles. The predicted octanol–water partition coefficient (Wildman–Crippen LogP) is 5.31. The molecule has 1 N–H and O–H groups in total. The maximum atomic E-state index is 13.6. The molecule has 6 heteroatoms. The number of nitrogens with zero attached hydrogens (tertiary/aromatic N) is 1. The van der Waals surface area contributed by atoms with E-state index in [1.54, 1.807) is 20.3 Å². The van der Waals surface area contributed by atoms with E-state index >= 15 is 0 Å². The van der Waals surface area contributed by atoms with Crippen molar-refractivity contribution in [3.05, 3.63) is 99.3 Å². The molecule has 3 aromatic carbocycles. The lowest BCUT2D eigenvalue weighted by Crippen LogP contribution is -2.30. The van der Waals surface area contributed by atoms with Gasteiger partial charge in [0, 0.05) is 22.7 Å². The van der Waals surface area contributed by atoms with Crippen LogP contribution >= 0.6 is 0 Å². The molecule has 4 rings (SSSR count). The standard InChI is InChI=1S/C30H32N2O4/c1-5-21-11-14-25(15-12-21)31-29(33)19-32-26-18-28(36-4)27(35-3)17-24(26)16-23(30(32)34)13-10-22-8-6-20(2)7-9-22/h6-9,11-12,14-18H,5,10,13,19H2,1-4H3,(H,31,33). The van der Waals surface area contributed by atoms with Gasteiger partial charge in [0.25, 0.3) is 5.56 Å². The van der Waals surface area contributed by atoms with E-state index in [0.29, 0.717) is 34.7 Å². The summed E-state index contributed by atoms with van der Waals surface area (Å²) in [5.41, 5.74) is 5.33. The number of carbonyl (C=O) groups excluding carboxylic acids is 1. The van der Waals surface area contributed by atoms with E-state index < -0.39 is 0 Å². The first-order chi connectivity index (χ1) is 17.4. The minimum Gasteiger partial charge on any atom is -0.493 e. The third-order valence-electron chi connectivity index (χ3n) is 6.42. The lowest BCUT2D eigenvalue weighted by atomic mass is 10.0. The minimum absolute atomic E-state index is 0.112. The fourth-order valence-corrected chi connectivity index (χ4v) is 4.30. The number of hydrogen-bond donors (Lipinski definition) is 1. The molecule has 0 saturated heterocycles. The van der Waals surface area contributed by atoms with Crippen molar-refractivity contribution in [2.24, 2.45) is 0 Å². The molecule has 4 aromatic rings. The number of aromatic nitrogens is 1. The lowest BCUT2D eigenvalue weighted by Gasteiger charge is -2.16. The van der Waals surface area contributed by atoms with Crippen molar-refractivity contribution in [2.45, 2.75) is 39.7 Å². The Balaban J connectivity index is 1.70. The van der Waals surface area contributed by atoms with Crippen molar-refractivity contribution in [1.82, 2.24) is 4.57 Å². The molecular weight excluding hydrogens is 452 g/mol. The summed E-state index contributed by atoms with van der Waals surface area (Å²) in [5.74, 6) is 0.800. The quantitative estimate of drug-likeness (QED) is 0.349. The van der Waals surface area contributed by atoms with Gasteiger partial charge in [-0.15, -0.1) is 0 Å². The summed E-state index contributed by atoms with van der Waals surface area (Å²) in [4.78, 5) is 26.6. The average molecular weight is 485 g/mol. The van der Waals surface area contributed by atoms with E-state index in [-0.39, 0.29) is 18.0 Å². The fourth-order valence-electron chi connectivity index (χ4n) is 4.30. The van der Waals surface area contributed by atoms with Crippen LogP contribution in [0.25, 0.3) is 10.9 Å². The van der Waals surface area contributed by atoms with Gasteiger partial charge in [0.05, 0.1) is 19.7 Å². The average Bonchev–Trinajstić information content (AvgIpc) is 2.90. The van der Waals surface area contributed by atoms with Crippen molar-refractivity contribution < 1.29 is 14.3 Å². The van der Waals surface area contributed by atoms with Gasteiger partial charge in [-0.05, 0) is 61.6 Å². The molecule has 0 spiro atoms. The van der Waals surface area contributed by atoms with Crippen molar-refractivity contribution in [2.75, 3.05) is 19.5 Å². The maximum absolute atomic E-state index is 13.6. The second-order valence-electron chi connectivity index (χ2n) is 8.91. The lowest BCUT2D eigenvalue weighted by molar-refractivity contribution is -0.116. The number of aryl methyl sites for hydroxylation is 4. The van der Waals surface area contributed by atoms with E-state index in [1.807, 2.05) is 36.4 Å². The Morgan fingerprint density at radius 1 is 0.861 bits per heavy atom. The minimum atomic E-state index is -0.270. The Bertz CT molecular complexity index is 1420. The van der Waals surface area contributed by atoms with Gasteiger partial charge in [-0.3, -0.25) is 14.2 Å². The maximum Gasteiger partial charge on any atom is 0.254 e. The molecular formula is C30H32N2O4. The summed E-state index contributed by atoms with van der Waals surface area (Å²) in [6.45, 7) is 4.02. The van der Waals surface area contributed by atoms with Crippen LogP contribution in [0.2, 0.25) is 0 Å². The van der Waals surface area contributed by atoms with Crippen LogP contribution in [0.1, 0.15) is 29.2 Å². The van der Waals surface area contributed by atoms with Crippen LogP contribution in [0, 0.1) is 6.92 Å². The summed E-state index contributed by atoms with van der Waals surface area (Å²) in [6.07, 6.45) is 2.22. The second kappa shape index (κ2) is 11.1. The molecule has 0 unspecified atom stereocenters. The fraction of sp³-hybridized carbons (Fsp3) is 0.267. The molecule has 0 aliphatic heterocycles. The Morgan fingerprint density at radius 2 is 1.50 bits per heavy atom. The highest BCUT2D eigenvalue weighted by atomic mass is 16.5. The normalized spacial score (nSPS) is 10.9. The molecule has 0 aliphatic rings. The summed E-state index contributed by atoms with van der Waals surface area (Å²) in [6, 6.07) is 21.5. The zero-order valence-electron chi connectivity index (χ0n) is 21.3. The number of ether oxygens (including phenoxy) is 2. The molecule has 1 aromatic heterocycles. The Hall–Kier alpha value is -4.06. The number of benzene rings is 3. The molecule has 1 heterocycles. The molecule has 186 valence electrons. The van der Waals surface area contributed by atoms with Crippen LogP contribution < -0.4 is 20.3 Å². The Labute approximate surface area is 211 Å². The van der Waals surface area contributed by atoms with Crippen molar-refractivity contribution in [3.8, 4) is 11.5 Å². The van der Waals surface area contributed by atoms with Crippen molar-refractivity contribution in [1.29, 1.82) is 0 Å². The van der Waals surface area contributed by atoms with Crippen LogP contribution in [0.3, 0.4) is 0 Å². The van der Waals surface area contributed by atoms with Gasteiger partial charge in [-0.25, -0.2) is 0 Å². The third-order valence-corrected chi connectivity index (χ3v) is 6.42. The van der Waals surface area contributed by atoms with Gasteiger partial charge in [0.1, 0.15) is 6.54 Å². The SMILES string of the molecule is CCc1ccc(NC(=O)Cn2c(=O)c(CCc3ccc(C)cc3)cc3cc(OC)c(OC)cc32)cc1. The van der Waals surface area contributed by atoms with E-state index in [2.05, 4.69) is 43.4 Å². The van der Waals surface area contributed by atoms with Gasteiger partial charge < -0.3 is 14.8 Å². The second-order valence-corrected chi connectivity index (χ2v) is 8.91. The molecule has 36 heavy (non-hydrogen) atoms. The smallest absolute Gasteiger partial charge is 0.254 e. The number of anilines is 1. The number of amides is 1. The number of rotatable bonds is 9. The van der Waals surface area contributed by atoms with Crippen LogP contribution in [0.4, 0.5) is 5.69 Å². The number of nitrogens with one attached hydrogen (secondary N) is 1. The van der Waals surface area contributed by atoms with Crippen LogP contribution in [0.15, 0.2) is 71.5 Å². The number of methoxy groups -OCH3 is 2. The van der Waals surface area contributed by atoms with Crippen LogP contribution in [0.5, 0.6) is 11.5 Å². The molecule has 0 radical (unpaired) electrons. The molecule has 0 fully saturated rings. The Kier molecular flexibility index (Phi) is 7.74. The third kappa shape index (κ3) is 5.60. The molecule has 6 nitrogen and oxygen atoms in total. The molecule has 1 amide bonds. The monoisotopic (exact) mass is 484 g/mol. The van der Waals surface area contributed by atoms with Gasteiger partial charge in [0.2, 0.25) is 5.91 Å². The van der Waals surface area contributed by atoms with E-state index in [9.17, 15) is 9.59 Å². The zero-order valence-corrected chi connectivity index (χ0v) is 21.3. The first kappa shape index (κ1) is 25.0. The van der Waals surface area contributed by atoms with Gasteiger partial charge in [0.15, 0.2) is 11.5 Å². The topological polar surface area (TPSA) is 69.6 Å². The highest BCUT2D eigenvalue weighted by Gasteiger charge is 2.16. The molecule has 0 saturated carbocycles. The summed E-state index contributed by atoms with van der Waals surface area (Å²) in [5, 5.41) is 3.72. The zero-order chi connectivity index (χ0) is 25.7. The van der Waals surface area contributed by atoms with E-state index in [4.69, 9.17) is 9.47 Å². The first-order valence-corrected chi connectivity index (χ1v) is 12.1. The largest absolute Gasteiger partial charge is 0.493 e. The van der Waals surface area contributed by atoms with E-state index in [0.717, 1.165) is 23.8 Å². The van der Waals surface area contributed by atoms with Crippen LogP contribution in [-0.4, -0.2) is 24.7 Å². The number of carbonyl (C=O) groups is 1. The number of fused-ring (bicyclic) bond motifs is 1. The van der Waals surface area contributed by atoms with Gasteiger partial charge >= 0.3 is 0 Å². The van der Waals surface area contributed by atoms with E-state index in [1.165, 1.54) is 15.7 Å². The summed E-state index contributed by atoms with van der Waals surface area (Å²) >= 11 is 0. The van der Waals surface area contributed by atoms with Gasteiger partial charge in [-0.1, -0.05) is 48.9 Å². The molecule has 0 bridgehead atoms. The molecule has 0 atom stereocenters. The number of hydrogen-bond acceptors (Lipinski definition) is 4. The highest BCUT2D eigenvalue weighted by Crippen LogP contribution is 2.32. The van der Waals surface area contributed by atoms with Crippen molar-refractivity contribution >= 4 is 22.5 Å². The summed E-state index contributed by atoms with van der Waals surface area (Å²) in [7, 11) is 3.13. The predicted molar refractivity (Wildman–Crippen MR) is 144 cm³/mol. The summed E-state index contributed by atoms with van der Waals surface area (Å²) < 4.78 is 12.5. The Morgan fingerprint density at radius 3 is 2.14 bits per heavy atom. The van der Waals surface area contributed by atoms with Gasteiger partial charge in [-0.2, -0.15) is 0 Å². The highest BCUT2D eigenvalue weighted by molar-refractivity contribution is 5.92.